The van der Waals surface area contributed by atoms with Gasteiger partial charge in [-0.3, -0.25) is 0 Å². The number of nitrogens with one attached hydrogen (secondary N) is 2. The Morgan fingerprint density at radius 3 is 2.95 bits per heavy atom. The van der Waals surface area contributed by atoms with Gasteiger partial charge in [0.1, 0.15) is 0 Å². The first kappa shape index (κ1) is 12.8. The van der Waals surface area contributed by atoms with Gasteiger partial charge in [0.25, 0.3) is 0 Å². The topological polar surface area (TPSA) is 42.5 Å². The van der Waals surface area contributed by atoms with E-state index in [0.717, 1.165) is 63.2 Å². The fraction of sp³-hybridized carbons (Fsp3) is 0.600. The van der Waals surface area contributed by atoms with Gasteiger partial charge >= 0.3 is 0 Å². The molecule has 1 unspecified atom stereocenters. The van der Waals surface area contributed by atoms with Gasteiger partial charge in [-0.05, 0) is 49.7 Å². The Morgan fingerprint density at radius 1 is 1.21 bits per heavy atom. The second-order valence-corrected chi connectivity index (χ2v) is 5.32. The Kier molecular flexibility index (Phi) is 4.20. The summed E-state index contributed by atoms with van der Waals surface area (Å²) in [5.41, 5.74) is 1.26. The molecule has 1 aromatic rings. The Balaban J connectivity index is 1.54. The lowest BCUT2D eigenvalue weighted by Crippen LogP contribution is -2.24. The molecule has 0 aromatic heterocycles. The van der Waals surface area contributed by atoms with Crippen molar-refractivity contribution in [1.29, 1.82) is 0 Å². The minimum Gasteiger partial charge on any atom is -0.490 e. The molecule has 104 valence electrons. The van der Waals surface area contributed by atoms with Gasteiger partial charge in [0.05, 0.1) is 13.2 Å². The van der Waals surface area contributed by atoms with Crippen molar-refractivity contribution in [3.63, 3.8) is 0 Å². The summed E-state index contributed by atoms with van der Waals surface area (Å²) in [6, 6.07) is 6.24. The standard InChI is InChI=1S/C15H22N2O2/c1-6-18-14-3-2-12(8-15(14)19-7-1)9-17-11-13-4-5-16-10-13/h2-3,8,13,16-17H,1,4-7,9-11H2. The summed E-state index contributed by atoms with van der Waals surface area (Å²) >= 11 is 0. The zero-order valence-corrected chi connectivity index (χ0v) is 11.3. The van der Waals surface area contributed by atoms with Crippen molar-refractivity contribution in [1.82, 2.24) is 10.6 Å². The molecule has 4 nitrogen and oxygen atoms in total. The molecule has 19 heavy (non-hydrogen) atoms. The second kappa shape index (κ2) is 6.26. The van der Waals surface area contributed by atoms with Crippen molar-refractivity contribution >= 4 is 0 Å². The second-order valence-electron chi connectivity index (χ2n) is 5.32. The van der Waals surface area contributed by atoms with Crippen molar-refractivity contribution in [2.45, 2.75) is 19.4 Å². The first-order valence-corrected chi connectivity index (χ1v) is 7.22. The number of hydrogen-bond donors (Lipinski definition) is 2. The summed E-state index contributed by atoms with van der Waals surface area (Å²) in [6.45, 7) is 5.79. The first-order valence-electron chi connectivity index (χ1n) is 7.22. The van der Waals surface area contributed by atoms with Crippen LogP contribution < -0.4 is 20.1 Å². The van der Waals surface area contributed by atoms with Gasteiger partial charge in [-0.25, -0.2) is 0 Å². The maximum absolute atomic E-state index is 5.71. The molecule has 1 fully saturated rings. The zero-order chi connectivity index (χ0) is 12.9. The third-order valence-electron chi connectivity index (χ3n) is 3.74. The van der Waals surface area contributed by atoms with Crippen molar-refractivity contribution in [3.8, 4) is 11.5 Å². The highest BCUT2D eigenvalue weighted by Crippen LogP contribution is 2.30. The summed E-state index contributed by atoms with van der Waals surface area (Å²) < 4.78 is 11.3. The molecule has 0 amide bonds. The van der Waals surface area contributed by atoms with E-state index in [4.69, 9.17) is 9.47 Å². The predicted octanol–water partition coefficient (Wildman–Crippen LogP) is 1.55. The van der Waals surface area contributed by atoms with E-state index in [1.165, 1.54) is 12.0 Å². The Labute approximate surface area is 114 Å². The van der Waals surface area contributed by atoms with Crippen LogP contribution in [0.4, 0.5) is 0 Å². The number of fused-ring (bicyclic) bond motifs is 1. The summed E-state index contributed by atoms with van der Waals surface area (Å²) in [6.07, 6.45) is 2.24. The molecule has 0 saturated carbocycles. The van der Waals surface area contributed by atoms with E-state index in [-0.39, 0.29) is 0 Å². The molecule has 0 bridgehead atoms. The van der Waals surface area contributed by atoms with Crippen LogP contribution in [0.2, 0.25) is 0 Å². The van der Waals surface area contributed by atoms with Crippen molar-refractivity contribution in [3.05, 3.63) is 23.8 Å². The molecular formula is C15H22N2O2. The van der Waals surface area contributed by atoms with Gasteiger partial charge in [0.2, 0.25) is 0 Å². The van der Waals surface area contributed by atoms with Crippen LogP contribution in [-0.4, -0.2) is 32.8 Å². The number of benzene rings is 1. The third kappa shape index (κ3) is 3.39. The van der Waals surface area contributed by atoms with E-state index >= 15 is 0 Å². The minimum atomic E-state index is 0.748. The van der Waals surface area contributed by atoms with Crippen LogP contribution in [-0.2, 0) is 6.54 Å². The van der Waals surface area contributed by atoms with E-state index in [2.05, 4.69) is 22.8 Å². The summed E-state index contributed by atoms with van der Waals surface area (Å²) in [5.74, 6) is 2.54. The molecule has 1 aromatic carbocycles. The lowest BCUT2D eigenvalue weighted by atomic mass is 10.1. The maximum atomic E-state index is 5.71. The Morgan fingerprint density at radius 2 is 2.11 bits per heavy atom. The van der Waals surface area contributed by atoms with Crippen molar-refractivity contribution in [2.75, 3.05) is 32.8 Å². The highest BCUT2D eigenvalue weighted by molar-refractivity contribution is 5.43. The summed E-state index contributed by atoms with van der Waals surface area (Å²) in [7, 11) is 0. The largest absolute Gasteiger partial charge is 0.490 e. The van der Waals surface area contributed by atoms with E-state index in [1.807, 2.05) is 6.07 Å². The summed E-state index contributed by atoms with van der Waals surface area (Å²) in [4.78, 5) is 0. The Hall–Kier alpha value is -1.26. The molecule has 1 atom stereocenters. The monoisotopic (exact) mass is 262 g/mol. The molecule has 0 spiro atoms. The average Bonchev–Trinajstić information content (AvgIpc) is 2.83. The number of ether oxygens (including phenoxy) is 2. The van der Waals surface area contributed by atoms with Crippen LogP contribution in [0.5, 0.6) is 11.5 Å². The zero-order valence-electron chi connectivity index (χ0n) is 11.3. The molecule has 0 radical (unpaired) electrons. The van der Waals surface area contributed by atoms with E-state index in [1.54, 1.807) is 0 Å². The van der Waals surface area contributed by atoms with Gasteiger partial charge in [0, 0.05) is 13.0 Å². The van der Waals surface area contributed by atoms with Crippen molar-refractivity contribution in [2.24, 2.45) is 5.92 Å². The van der Waals surface area contributed by atoms with Crippen LogP contribution in [0, 0.1) is 5.92 Å². The smallest absolute Gasteiger partial charge is 0.161 e. The van der Waals surface area contributed by atoms with E-state index in [9.17, 15) is 0 Å². The lowest BCUT2D eigenvalue weighted by Gasteiger charge is -2.12. The fourth-order valence-corrected chi connectivity index (χ4v) is 2.63. The molecule has 2 heterocycles. The molecular weight excluding hydrogens is 240 g/mol. The Bertz CT molecular complexity index is 417. The van der Waals surface area contributed by atoms with Gasteiger partial charge in [-0.1, -0.05) is 6.07 Å². The van der Waals surface area contributed by atoms with E-state index < -0.39 is 0 Å². The molecule has 2 aliphatic heterocycles. The van der Waals surface area contributed by atoms with Crippen LogP contribution >= 0.6 is 0 Å². The highest BCUT2D eigenvalue weighted by Gasteiger charge is 2.14. The lowest BCUT2D eigenvalue weighted by molar-refractivity contribution is 0.297. The number of rotatable bonds is 4. The first-order chi connectivity index (χ1) is 9.42. The van der Waals surface area contributed by atoms with Crippen LogP contribution in [0.1, 0.15) is 18.4 Å². The number of hydrogen-bond acceptors (Lipinski definition) is 4. The van der Waals surface area contributed by atoms with Gasteiger partial charge in [-0.15, -0.1) is 0 Å². The minimum absolute atomic E-state index is 0.748. The van der Waals surface area contributed by atoms with Gasteiger partial charge in [0.15, 0.2) is 11.5 Å². The maximum Gasteiger partial charge on any atom is 0.161 e. The normalized spacial score (nSPS) is 22.2. The van der Waals surface area contributed by atoms with Crippen molar-refractivity contribution < 1.29 is 9.47 Å². The van der Waals surface area contributed by atoms with Crippen LogP contribution in [0.25, 0.3) is 0 Å². The van der Waals surface area contributed by atoms with E-state index in [0.29, 0.717) is 0 Å². The summed E-state index contributed by atoms with van der Waals surface area (Å²) in [5, 5.41) is 6.92. The highest BCUT2D eigenvalue weighted by atomic mass is 16.5. The molecule has 0 aliphatic carbocycles. The van der Waals surface area contributed by atoms with Crippen LogP contribution in [0.3, 0.4) is 0 Å². The molecule has 2 aliphatic rings. The fourth-order valence-electron chi connectivity index (χ4n) is 2.63. The molecule has 4 heteroatoms. The quantitative estimate of drug-likeness (QED) is 0.864. The molecule has 1 saturated heterocycles. The predicted molar refractivity (Wildman–Crippen MR) is 74.7 cm³/mol. The van der Waals surface area contributed by atoms with Gasteiger partial charge in [-0.2, -0.15) is 0 Å². The molecule has 3 rings (SSSR count). The third-order valence-corrected chi connectivity index (χ3v) is 3.74. The van der Waals surface area contributed by atoms with Crippen LogP contribution in [0.15, 0.2) is 18.2 Å². The average molecular weight is 262 g/mol. The van der Waals surface area contributed by atoms with Gasteiger partial charge < -0.3 is 20.1 Å². The molecule has 2 N–H and O–H groups in total. The SMILES string of the molecule is c1cc2c(cc1CNCC1CCNC1)OCCCO2.